The van der Waals surface area contributed by atoms with E-state index in [1.807, 2.05) is 60.7 Å². The summed E-state index contributed by atoms with van der Waals surface area (Å²) < 4.78 is 11.6. The zero-order valence-electron chi connectivity index (χ0n) is 18.8. The van der Waals surface area contributed by atoms with E-state index in [4.69, 9.17) is 9.05 Å². The number of ketones is 1. The summed E-state index contributed by atoms with van der Waals surface area (Å²) in [5.74, 6) is 0.00653. The van der Waals surface area contributed by atoms with E-state index in [1.54, 1.807) is 0 Å². The molecule has 160 valence electrons. The third-order valence-electron chi connectivity index (χ3n) is 3.82. The highest BCUT2D eigenvalue weighted by Crippen LogP contribution is 2.14. The largest absolute Gasteiger partial charge is 0.456 e. The van der Waals surface area contributed by atoms with Gasteiger partial charge < -0.3 is 9.05 Å². The molecule has 0 aliphatic heterocycles. The molecular weight excluding hydrogens is 408 g/mol. The van der Waals surface area contributed by atoms with E-state index < -0.39 is 16.6 Å². The van der Waals surface area contributed by atoms with Crippen molar-refractivity contribution in [3.8, 4) is 0 Å². The fraction of sp³-hybridized carbons (Fsp3) is 0.348. The molecule has 0 heterocycles. The standard InChI is InChI=1S/C23H32N2O3Si2/c1-29(2,3)27-24-21(18-23(26)20-15-11-8-12-16-20)17-22(25-28-30(4,5)6)19-13-9-7-10-14-19/h7-16H,17-18H2,1-6H3/b24-21-,25-22+. The molecule has 0 radical (unpaired) electrons. The average molecular weight is 441 g/mol. The van der Waals surface area contributed by atoms with Crippen LogP contribution < -0.4 is 0 Å². The molecule has 0 aliphatic rings. The Hall–Kier alpha value is -2.52. The molecule has 2 aromatic carbocycles. The van der Waals surface area contributed by atoms with E-state index in [0.29, 0.717) is 17.7 Å². The zero-order chi connectivity index (χ0) is 22.2. The predicted molar refractivity (Wildman–Crippen MR) is 129 cm³/mol. The molecule has 30 heavy (non-hydrogen) atoms. The van der Waals surface area contributed by atoms with Crippen LogP contribution in [0.5, 0.6) is 0 Å². The van der Waals surface area contributed by atoms with Crippen molar-refractivity contribution in [1.29, 1.82) is 0 Å². The highest BCUT2D eigenvalue weighted by atomic mass is 28.4. The van der Waals surface area contributed by atoms with Crippen LogP contribution in [0.2, 0.25) is 39.3 Å². The van der Waals surface area contributed by atoms with Gasteiger partial charge in [0, 0.05) is 12.0 Å². The lowest BCUT2D eigenvalue weighted by Gasteiger charge is -2.17. The highest BCUT2D eigenvalue weighted by molar-refractivity contribution is 6.70. The maximum Gasteiger partial charge on any atom is 0.278 e. The van der Waals surface area contributed by atoms with Gasteiger partial charge in [-0.1, -0.05) is 60.7 Å². The second kappa shape index (κ2) is 10.5. The summed E-state index contributed by atoms with van der Waals surface area (Å²) in [5, 5.41) is 8.87. The molecule has 0 spiro atoms. The van der Waals surface area contributed by atoms with Gasteiger partial charge in [0.25, 0.3) is 16.6 Å². The Morgan fingerprint density at radius 2 is 1.17 bits per heavy atom. The molecule has 0 aromatic heterocycles. The number of carbonyl (C=O) groups is 1. The van der Waals surface area contributed by atoms with E-state index in [-0.39, 0.29) is 12.2 Å². The zero-order valence-corrected chi connectivity index (χ0v) is 20.8. The van der Waals surface area contributed by atoms with E-state index in [1.165, 1.54) is 0 Å². The Kier molecular flexibility index (Phi) is 8.31. The van der Waals surface area contributed by atoms with Crippen molar-refractivity contribution in [1.82, 2.24) is 0 Å². The molecule has 0 bridgehead atoms. The molecular formula is C23H32N2O3Si2. The van der Waals surface area contributed by atoms with Crippen LogP contribution in [-0.2, 0) is 9.05 Å². The first-order valence-electron chi connectivity index (χ1n) is 10.2. The number of benzene rings is 2. The SMILES string of the molecule is C[Si](C)(C)O/N=C(\CC(=O)c1ccccc1)C/C(=N\O[Si](C)(C)C)c1ccccc1. The summed E-state index contributed by atoms with van der Waals surface area (Å²) in [7, 11) is -3.75. The summed E-state index contributed by atoms with van der Waals surface area (Å²) in [4.78, 5) is 12.8. The molecule has 0 saturated carbocycles. The Balaban J connectivity index is 2.33. The molecule has 0 fully saturated rings. The first-order chi connectivity index (χ1) is 14.0. The van der Waals surface area contributed by atoms with Crippen LogP contribution in [0.25, 0.3) is 0 Å². The molecule has 2 aromatic rings. The first-order valence-corrected chi connectivity index (χ1v) is 17.0. The third kappa shape index (κ3) is 8.88. The number of rotatable bonds is 10. The summed E-state index contributed by atoms with van der Waals surface area (Å²) in [6.07, 6.45) is 0.560. The molecule has 7 heteroatoms. The normalized spacial score (nSPS) is 13.1. The molecule has 0 N–H and O–H groups in total. The van der Waals surface area contributed by atoms with Crippen LogP contribution in [0.1, 0.15) is 28.8 Å². The summed E-state index contributed by atoms with van der Waals surface area (Å²) >= 11 is 0. The fourth-order valence-corrected chi connectivity index (χ4v) is 3.23. The number of nitrogens with zero attached hydrogens (tertiary/aromatic N) is 2. The molecule has 0 amide bonds. The second-order valence-electron chi connectivity index (χ2n) is 9.11. The Labute approximate surface area is 182 Å². The second-order valence-corrected chi connectivity index (χ2v) is 17.9. The lowest BCUT2D eigenvalue weighted by Crippen LogP contribution is -2.25. The summed E-state index contributed by atoms with van der Waals surface area (Å²) in [6.45, 7) is 12.4. The van der Waals surface area contributed by atoms with E-state index in [0.717, 1.165) is 11.3 Å². The van der Waals surface area contributed by atoms with Gasteiger partial charge >= 0.3 is 0 Å². The van der Waals surface area contributed by atoms with Gasteiger partial charge in [0.2, 0.25) is 0 Å². The third-order valence-corrected chi connectivity index (χ3v) is 5.10. The van der Waals surface area contributed by atoms with Crippen LogP contribution in [-0.4, -0.2) is 33.8 Å². The van der Waals surface area contributed by atoms with Crippen molar-refractivity contribution in [2.45, 2.75) is 52.1 Å². The van der Waals surface area contributed by atoms with Crippen molar-refractivity contribution in [3.05, 3.63) is 71.8 Å². The van der Waals surface area contributed by atoms with Gasteiger partial charge in [-0.3, -0.25) is 4.79 Å². The Morgan fingerprint density at radius 1 is 0.700 bits per heavy atom. The molecule has 0 unspecified atom stereocenters. The van der Waals surface area contributed by atoms with Crippen molar-refractivity contribution in [3.63, 3.8) is 0 Å². The minimum atomic E-state index is -1.89. The maximum absolute atomic E-state index is 12.8. The summed E-state index contributed by atoms with van der Waals surface area (Å²) in [6, 6.07) is 19.1. The van der Waals surface area contributed by atoms with E-state index in [9.17, 15) is 4.79 Å². The van der Waals surface area contributed by atoms with Crippen LogP contribution in [0.4, 0.5) is 0 Å². The van der Waals surface area contributed by atoms with Gasteiger partial charge in [0.1, 0.15) is 0 Å². The van der Waals surface area contributed by atoms with Crippen molar-refractivity contribution >= 4 is 33.8 Å². The van der Waals surface area contributed by atoms with Gasteiger partial charge in [-0.2, -0.15) is 0 Å². The van der Waals surface area contributed by atoms with Gasteiger partial charge in [0.05, 0.1) is 17.8 Å². The number of oxime groups is 2. The number of hydrogen-bond acceptors (Lipinski definition) is 5. The quantitative estimate of drug-likeness (QED) is 0.194. The maximum atomic E-state index is 12.8. The van der Waals surface area contributed by atoms with Gasteiger partial charge in [-0.15, -0.1) is 10.3 Å². The summed E-state index contributed by atoms with van der Waals surface area (Å²) in [5.41, 5.74) is 3.00. The minimum absolute atomic E-state index is 0.00653. The molecule has 0 atom stereocenters. The number of hydrogen-bond donors (Lipinski definition) is 0. The van der Waals surface area contributed by atoms with Crippen molar-refractivity contribution in [2.24, 2.45) is 10.3 Å². The number of carbonyl (C=O) groups excluding carboxylic acids is 1. The number of Topliss-reactive ketones (excluding diaryl/α,β-unsaturated/α-hetero) is 1. The van der Waals surface area contributed by atoms with E-state index in [2.05, 4.69) is 49.6 Å². The predicted octanol–water partition coefficient (Wildman–Crippen LogP) is 6.11. The van der Waals surface area contributed by atoms with Crippen LogP contribution in [0, 0.1) is 0 Å². The lowest BCUT2D eigenvalue weighted by atomic mass is 9.99. The van der Waals surface area contributed by atoms with Crippen molar-refractivity contribution < 1.29 is 13.8 Å². The first kappa shape index (κ1) is 23.8. The lowest BCUT2D eigenvalue weighted by molar-refractivity contribution is 0.0999. The van der Waals surface area contributed by atoms with Gasteiger partial charge in [-0.05, 0) is 44.8 Å². The van der Waals surface area contributed by atoms with Crippen LogP contribution >= 0.6 is 0 Å². The molecule has 2 rings (SSSR count). The van der Waals surface area contributed by atoms with Crippen LogP contribution in [0.3, 0.4) is 0 Å². The Bertz CT molecular complexity index is 884. The highest BCUT2D eigenvalue weighted by Gasteiger charge is 2.21. The van der Waals surface area contributed by atoms with E-state index >= 15 is 0 Å². The molecule has 5 nitrogen and oxygen atoms in total. The average Bonchev–Trinajstić information content (AvgIpc) is 2.69. The Morgan fingerprint density at radius 3 is 1.67 bits per heavy atom. The minimum Gasteiger partial charge on any atom is -0.456 e. The monoisotopic (exact) mass is 440 g/mol. The topological polar surface area (TPSA) is 60.2 Å². The van der Waals surface area contributed by atoms with Gasteiger partial charge in [-0.25, -0.2) is 0 Å². The smallest absolute Gasteiger partial charge is 0.278 e. The van der Waals surface area contributed by atoms with Gasteiger partial charge in [0.15, 0.2) is 5.78 Å². The molecule has 0 saturated heterocycles. The van der Waals surface area contributed by atoms with Crippen LogP contribution in [0.15, 0.2) is 71.0 Å². The molecule has 0 aliphatic carbocycles. The fourth-order valence-electron chi connectivity index (χ4n) is 2.44. The van der Waals surface area contributed by atoms with Crippen molar-refractivity contribution in [2.75, 3.05) is 0 Å².